The van der Waals surface area contributed by atoms with E-state index in [-0.39, 0.29) is 17.2 Å². The van der Waals surface area contributed by atoms with Gasteiger partial charge in [-0.2, -0.15) is 0 Å². The zero-order chi connectivity index (χ0) is 14.7. The van der Waals surface area contributed by atoms with Gasteiger partial charge in [0.15, 0.2) is 5.89 Å². The first kappa shape index (κ1) is 14.5. The highest BCUT2D eigenvalue weighted by atomic mass is 79.9. The molecule has 0 unspecified atom stereocenters. The highest BCUT2D eigenvalue weighted by Crippen LogP contribution is 2.08. The summed E-state index contributed by atoms with van der Waals surface area (Å²) in [7, 11) is 0. The van der Waals surface area contributed by atoms with Gasteiger partial charge >= 0.3 is 0 Å². The summed E-state index contributed by atoms with van der Waals surface area (Å²) in [5.74, 6) is 0.339. The third kappa shape index (κ3) is 3.36. The maximum absolute atomic E-state index is 11.9. The molecule has 106 valence electrons. The molecular formula is C13H14BrN3O3. The molecule has 0 radical (unpaired) electrons. The summed E-state index contributed by atoms with van der Waals surface area (Å²) in [6, 6.07) is 3.15. The number of rotatable bonds is 4. The van der Waals surface area contributed by atoms with E-state index in [1.54, 1.807) is 26.1 Å². The summed E-state index contributed by atoms with van der Waals surface area (Å²) in [6.07, 6.45) is 1.68. The average Bonchev–Trinajstić information content (AvgIpc) is 2.72. The van der Waals surface area contributed by atoms with Crippen LogP contribution in [0.2, 0.25) is 0 Å². The minimum Gasteiger partial charge on any atom is -0.436 e. The number of oxazole rings is 1. The van der Waals surface area contributed by atoms with E-state index in [9.17, 15) is 9.59 Å². The predicted molar refractivity (Wildman–Crippen MR) is 76.7 cm³/mol. The van der Waals surface area contributed by atoms with Crippen molar-refractivity contribution >= 4 is 21.8 Å². The van der Waals surface area contributed by atoms with Crippen LogP contribution in [0.1, 0.15) is 22.1 Å². The van der Waals surface area contributed by atoms with Crippen molar-refractivity contribution in [1.82, 2.24) is 14.9 Å². The van der Waals surface area contributed by atoms with E-state index >= 15 is 0 Å². The quantitative estimate of drug-likeness (QED) is 0.918. The molecule has 0 fully saturated rings. The van der Waals surface area contributed by atoms with Gasteiger partial charge in [-0.25, -0.2) is 4.98 Å². The van der Waals surface area contributed by atoms with Gasteiger partial charge in [0, 0.05) is 36.7 Å². The number of amides is 1. The summed E-state index contributed by atoms with van der Waals surface area (Å²) in [5.41, 5.74) is 0.439. The molecule has 7 heteroatoms. The van der Waals surface area contributed by atoms with Crippen LogP contribution >= 0.6 is 15.9 Å². The molecule has 20 heavy (non-hydrogen) atoms. The number of aryl methyl sites for hydroxylation is 2. The lowest BCUT2D eigenvalue weighted by molar-refractivity contribution is 0.0922. The topological polar surface area (TPSA) is 77.1 Å². The molecule has 0 saturated carbocycles. The largest absolute Gasteiger partial charge is 0.436 e. The summed E-state index contributed by atoms with van der Waals surface area (Å²) in [5, 5.41) is 2.70. The van der Waals surface area contributed by atoms with Crippen LogP contribution in [0.4, 0.5) is 0 Å². The highest BCUT2D eigenvalue weighted by Gasteiger charge is 2.15. The van der Waals surface area contributed by atoms with Gasteiger partial charge in [-0.3, -0.25) is 9.59 Å². The summed E-state index contributed by atoms with van der Waals surface area (Å²) >= 11 is 3.30. The monoisotopic (exact) mass is 339 g/mol. The van der Waals surface area contributed by atoms with E-state index in [0.717, 1.165) is 4.47 Å². The Bertz CT molecular complexity index is 690. The molecule has 2 rings (SSSR count). The van der Waals surface area contributed by atoms with Crippen molar-refractivity contribution in [2.75, 3.05) is 6.54 Å². The lowest BCUT2D eigenvalue weighted by Gasteiger charge is -2.07. The Kier molecular flexibility index (Phi) is 4.39. The fourth-order valence-corrected chi connectivity index (χ4v) is 2.17. The normalized spacial score (nSPS) is 10.6. The lowest BCUT2D eigenvalue weighted by Crippen LogP contribution is -2.30. The van der Waals surface area contributed by atoms with Crippen LogP contribution in [-0.2, 0) is 6.54 Å². The number of halogens is 1. The second kappa shape index (κ2) is 6.04. The molecule has 0 atom stereocenters. The third-order valence-electron chi connectivity index (χ3n) is 2.70. The van der Waals surface area contributed by atoms with Crippen LogP contribution in [0.15, 0.2) is 32.0 Å². The first-order valence-electron chi connectivity index (χ1n) is 6.05. The smallest absolute Gasteiger partial charge is 0.289 e. The number of hydrogen-bond donors (Lipinski definition) is 1. The molecule has 0 saturated heterocycles. The Morgan fingerprint density at radius 1 is 1.45 bits per heavy atom. The van der Waals surface area contributed by atoms with Crippen LogP contribution in [0.5, 0.6) is 0 Å². The van der Waals surface area contributed by atoms with Crippen molar-refractivity contribution < 1.29 is 9.21 Å². The van der Waals surface area contributed by atoms with E-state index in [1.807, 2.05) is 0 Å². The first-order chi connectivity index (χ1) is 9.47. The summed E-state index contributed by atoms with van der Waals surface area (Å²) < 4.78 is 7.55. The molecule has 0 aliphatic carbocycles. The maximum atomic E-state index is 11.9. The van der Waals surface area contributed by atoms with Gasteiger partial charge in [-0.05, 0) is 28.9 Å². The zero-order valence-electron chi connectivity index (χ0n) is 11.1. The molecule has 6 nitrogen and oxygen atoms in total. The number of carbonyl (C=O) groups excluding carboxylic acids is 1. The standard InChI is InChI=1S/C13H14BrN3O3/c1-8-12(20-9(2)16-8)13(19)15-5-6-17-7-10(14)3-4-11(17)18/h3-4,7H,5-6H2,1-2H3,(H,15,19). The maximum Gasteiger partial charge on any atom is 0.289 e. The molecular weight excluding hydrogens is 326 g/mol. The van der Waals surface area contributed by atoms with Crippen molar-refractivity contribution in [2.45, 2.75) is 20.4 Å². The minimum atomic E-state index is -0.328. The van der Waals surface area contributed by atoms with Crippen LogP contribution in [0.25, 0.3) is 0 Å². The molecule has 0 aromatic carbocycles. The molecule has 2 aromatic heterocycles. The Labute approximate surface area is 123 Å². The number of carbonyl (C=O) groups is 1. The number of hydrogen-bond acceptors (Lipinski definition) is 4. The first-order valence-corrected chi connectivity index (χ1v) is 6.85. The van der Waals surface area contributed by atoms with E-state index in [4.69, 9.17) is 4.42 Å². The van der Waals surface area contributed by atoms with Gasteiger partial charge in [-0.1, -0.05) is 0 Å². The predicted octanol–water partition coefficient (Wildman–Crippen LogP) is 1.65. The minimum absolute atomic E-state index is 0.117. The Hall–Kier alpha value is -1.89. The third-order valence-corrected chi connectivity index (χ3v) is 3.16. The van der Waals surface area contributed by atoms with Gasteiger partial charge in [0.25, 0.3) is 11.5 Å². The van der Waals surface area contributed by atoms with Gasteiger partial charge < -0.3 is 14.3 Å². The highest BCUT2D eigenvalue weighted by molar-refractivity contribution is 9.10. The lowest BCUT2D eigenvalue weighted by atomic mass is 10.3. The number of aromatic nitrogens is 2. The fourth-order valence-electron chi connectivity index (χ4n) is 1.79. The van der Waals surface area contributed by atoms with Gasteiger partial charge in [-0.15, -0.1) is 0 Å². The van der Waals surface area contributed by atoms with Crippen molar-refractivity contribution in [3.8, 4) is 0 Å². The molecule has 2 aromatic rings. The summed E-state index contributed by atoms with van der Waals surface area (Å²) in [4.78, 5) is 27.5. The van der Waals surface area contributed by atoms with E-state index < -0.39 is 0 Å². The van der Waals surface area contributed by atoms with Gasteiger partial charge in [0.1, 0.15) is 0 Å². The van der Waals surface area contributed by atoms with E-state index in [2.05, 4.69) is 26.2 Å². The number of nitrogens with zero attached hydrogens (tertiary/aromatic N) is 2. The average molecular weight is 340 g/mol. The Morgan fingerprint density at radius 2 is 2.20 bits per heavy atom. The van der Waals surface area contributed by atoms with Crippen molar-refractivity contribution in [3.05, 3.63) is 50.5 Å². The zero-order valence-corrected chi connectivity index (χ0v) is 12.7. The fraction of sp³-hybridized carbons (Fsp3) is 0.308. The Balaban J connectivity index is 1.96. The van der Waals surface area contributed by atoms with Crippen LogP contribution in [0, 0.1) is 13.8 Å². The molecule has 1 amide bonds. The molecule has 1 N–H and O–H groups in total. The van der Waals surface area contributed by atoms with Crippen LogP contribution in [0.3, 0.4) is 0 Å². The molecule has 2 heterocycles. The summed E-state index contributed by atoms with van der Waals surface area (Å²) in [6.45, 7) is 4.11. The Morgan fingerprint density at radius 3 is 2.85 bits per heavy atom. The second-order valence-corrected chi connectivity index (χ2v) is 5.20. The van der Waals surface area contributed by atoms with Crippen LogP contribution < -0.4 is 10.9 Å². The number of nitrogens with one attached hydrogen (secondary N) is 1. The number of pyridine rings is 1. The van der Waals surface area contributed by atoms with Gasteiger partial charge in [0.05, 0.1) is 5.69 Å². The van der Waals surface area contributed by atoms with E-state index in [1.165, 1.54) is 10.6 Å². The van der Waals surface area contributed by atoms with E-state index in [0.29, 0.717) is 24.7 Å². The van der Waals surface area contributed by atoms with Gasteiger partial charge in [0.2, 0.25) is 5.76 Å². The second-order valence-electron chi connectivity index (χ2n) is 4.28. The van der Waals surface area contributed by atoms with Crippen LogP contribution in [-0.4, -0.2) is 22.0 Å². The SMILES string of the molecule is Cc1nc(C)c(C(=O)NCCn2cc(Br)ccc2=O)o1. The molecule has 0 bridgehead atoms. The van der Waals surface area contributed by atoms with Crippen molar-refractivity contribution in [2.24, 2.45) is 0 Å². The molecule has 0 aliphatic heterocycles. The molecule has 0 aliphatic rings. The van der Waals surface area contributed by atoms with Crippen molar-refractivity contribution in [1.29, 1.82) is 0 Å². The molecule has 0 spiro atoms. The van der Waals surface area contributed by atoms with Crippen molar-refractivity contribution in [3.63, 3.8) is 0 Å².